The molecule has 112 valence electrons. The molecule has 7 heteroatoms. The van der Waals surface area contributed by atoms with Gasteiger partial charge in [-0.05, 0) is 18.2 Å². The molecule has 0 bridgehead atoms. The van der Waals surface area contributed by atoms with E-state index in [9.17, 15) is 4.79 Å². The highest BCUT2D eigenvalue weighted by atomic mass is 35.5. The third-order valence-corrected chi connectivity index (χ3v) is 3.35. The van der Waals surface area contributed by atoms with E-state index in [4.69, 9.17) is 4.74 Å². The number of rotatable bonds is 3. The molecule has 2 aromatic rings. The van der Waals surface area contributed by atoms with Crippen LogP contribution in [0.5, 0.6) is 0 Å². The molecule has 0 saturated heterocycles. The van der Waals surface area contributed by atoms with Crippen molar-refractivity contribution in [3.8, 4) is 0 Å². The van der Waals surface area contributed by atoms with E-state index in [1.54, 1.807) is 12.1 Å². The first-order chi connectivity index (χ1) is 9.78. The molecule has 2 heterocycles. The topological polar surface area (TPSA) is 79.0 Å². The SMILES string of the molecule is COC(=O)c1cccc(Nc2n[nH]c3c2CNCC3)c1.Cl. The molecule has 0 fully saturated rings. The second-order valence-corrected chi connectivity index (χ2v) is 4.65. The number of H-pyrrole nitrogens is 1. The van der Waals surface area contributed by atoms with Crippen LogP contribution in [0.2, 0.25) is 0 Å². The lowest BCUT2D eigenvalue weighted by Crippen LogP contribution is -2.23. The summed E-state index contributed by atoms with van der Waals surface area (Å²) < 4.78 is 4.72. The molecule has 21 heavy (non-hydrogen) atoms. The van der Waals surface area contributed by atoms with E-state index in [1.165, 1.54) is 7.11 Å². The highest BCUT2D eigenvalue weighted by molar-refractivity contribution is 5.90. The molecular weight excluding hydrogens is 292 g/mol. The predicted molar refractivity (Wildman–Crippen MR) is 82.3 cm³/mol. The van der Waals surface area contributed by atoms with Crippen LogP contribution in [0.25, 0.3) is 0 Å². The smallest absolute Gasteiger partial charge is 0.337 e. The Bertz CT molecular complexity index is 642. The van der Waals surface area contributed by atoms with Crippen molar-refractivity contribution >= 4 is 29.9 Å². The number of anilines is 2. The van der Waals surface area contributed by atoms with Crippen LogP contribution in [0.1, 0.15) is 21.6 Å². The van der Waals surface area contributed by atoms with E-state index in [0.29, 0.717) is 5.56 Å². The van der Waals surface area contributed by atoms with Crippen molar-refractivity contribution in [1.29, 1.82) is 0 Å². The number of ether oxygens (including phenoxy) is 1. The highest BCUT2D eigenvalue weighted by Gasteiger charge is 2.16. The number of halogens is 1. The zero-order valence-electron chi connectivity index (χ0n) is 11.6. The van der Waals surface area contributed by atoms with Gasteiger partial charge in [0.2, 0.25) is 0 Å². The molecule has 6 nitrogen and oxygen atoms in total. The number of hydrogen-bond acceptors (Lipinski definition) is 5. The van der Waals surface area contributed by atoms with Crippen molar-refractivity contribution in [3.63, 3.8) is 0 Å². The van der Waals surface area contributed by atoms with Gasteiger partial charge in [0.15, 0.2) is 5.82 Å². The molecule has 0 spiro atoms. The molecule has 1 aliphatic rings. The molecule has 3 rings (SSSR count). The number of hydrogen-bond donors (Lipinski definition) is 3. The molecule has 1 aliphatic heterocycles. The monoisotopic (exact) mass is 308 g/mol. The van der Waals surface area contributed by atoms with Gasteiger partial charge in [0, 0.05) is 36.5 Å². The summed E-state index contributed by atoms with van der Waals surface area (Å²) >= 11 is 0. The minimum Gasteiger partial charge on any atom is -0.465 e. The van der Waals surface area contributed by atoms with Crippen LogP contribution in [0, 0.1) is 0 Å². The van der Waals surface area contributed by atoms with Crippen LogP contribution in [0.4, 0.5) is 11.5 Å². The van der Waals surface area contributed by atoms with Gasteiger partial charge in [0.1, 0.15) is 0 Å². The first-order valence-electron chi connectivity index (χ1n) is 6.50. The number of benzene rings is 1. The lowest BCUT2D eigenvalue weighted by molar-refractivity contribution is 0.0601. The number of nitrogens with zero attached hydrogens (tertiary/aromatic N) is 1. The summed E-state index contributed by atoms with van der Waals surface area (Å²) in [5, 5.41) is 13.9. The van der Waals surface area contributed by atoms with Gasteiger partial charge in [-0.2, -0.15) is 5.10 Å². The normalized spacial score (nSPS) is 13.0. The van der Waals surface area contributed by atoms with Crippen molar-refractivity contribution in [1.82, 2.24) is 15.5 Å². The summed E-state index contributed by atoms with van der Waals surface area (Å²) in [6.07, 6.45) is 0.951. The Hall–Kier alpha value is -2.05. The van der Waals surface area contributed by atoms with Gasteiger partial charge in [-0.15, -0.1) is 12.4 Å². The van der Waals surface area contributed by atoms with Gasteiger partial charge in [-0.1, -0.05) is 6.07 Å². The Balaban J connectivity index is 0.00000161. The minimum absolute atomic E-state index is 0. The lowest BCUT2D eigenvalue weighted by atomic mass is 10.1. The molecule has 1 aromatic carbocycles. The average Bonchev–Trinajstić information content (AvgIpc) is 2.90. The number of esters is 1. The third-order valence-electron chi connectivity index (χ3n) is 3.35. The van der Waals surface area contributed by atoms with Crippen molar-refractivity contribution in [3.05, 3.63) is 41.1 Å². The first kappa shape index (κ1) is 15.3. The van der Waals surface area contributed by atoms with Crippen LogP contribution < -0.4 is 10.6 Å². The van der Waals surface area contributed by atoms with Crippen LogP contribution in [0.3, 0.4) is 0 Å². The largest absolute Gasteiger partial charge is 0.465 e. The maximum absolute atomic E-state index is 11.5. The fraction of sp³-hybridized carbons (Fsp3) is 0.286. The van der Waals surface area contributed by atoms with Gasteiger partial charge in [-0.25, -0.2) is 4.79 Å². The second kappa shape index (κ2) is 6.60. The van der Waals surface area contributed by atoms with E-state index < -0.39 is 0 Å². The van der Waals surface area contributed by atoms with Crippen molar-refractivity contribution in [2.24, 2.45) is 0 Å². The fourth-order valence-corrected chi connectivity index (χ4v) is 2.31. The molecule has 0 aliphatic carbocycles. The maximum atomic E-state index is 11.5. The lowest BCUT2D eigenvalue weighted by Gasteiger charge is -2.13. The number of methoxy groups -OCH3 is 1. The van der Waals surface area contributed by atoms with E-state index in [2.05, 4.69) is 20.8 Å². The van der Waals surface area contributed by atoms with Crippen LogP contribution in [0.15, 0.2) is 24.3 Å². The summed E-state index contributed by atoms with van der Waals surface area (Å²) in [4.78, 5) is 11.5. The van der Waals surface area contributed by atoms with E-state index >= 15 is 0 Å². The van der Waals surface area contributed by atoms with Gasteiger partial charge >= 0.3 is 5.97 Å². The Morgan fingerprint density at radius 1 is 1.43 bits per heavy atom. The Morgan fingerprint density at radius 3 is 3.10 bits per heavy atom. The van der Waals surface area contributed by atoms with Crippen LogP contribution >= 0.6 is 12.4 Å². The number of aromatic amines is 1. The van der Waals surface area contributed by atoms with Gasteiger partial charge < -0.3 is 15.4 Å². The summed E-state index contributed by atoms with van der Waals surface area (Å²) in [5.41, 5.74) is 3.64. The quantitative estimate of drug-likeness (QED) is 0.756. The van der Waals surface area contributed by atoms with Crippen molar-refractivity contribution in [2.45, 2.75) is 13.0 Å². The molecule has 0 atom stereocenters. The van der Waals surface area contributed by atoms with Crippen molar-refractivity contribution < 1.29 is 9.53 Å². The standard InChI is InChI=1S/C14H16N4O2.ClH/c1-20-14(19)9-3-2-4-10(7-9)16-13-11-8-15-6-5-12(11)17-18-13;/h2-4,7,15H,5-6,8H2,1H3,(H2,16,17,18);1H. The van der Waals surface area contributed by atoms with Crippen LogP contribution in [-0.2, 0) is 17.7 Å². The molecule has 3 N–H and O–H groups in total. The zero-order chi connectivity index (χ0) is 13.9. The highest BCUT2D eigenvalue weighted by Crippen LogP contribution is 2.24. The van der Waals surface area contributed by atoms with Gasteiger partial charge in [-0.3, -0.25) is 5.10 Å². The number of fused-ring (bicyclic) bond motifs is 1. The number of aromatic nitrogens is 2. The number of carbonyl (C=O) groups is 1. The Morgan fingerprint density at radius 2 is 2.29 bits per heavy atom. The molecule has 1 aromatic heterocycles. The van der Waals surface area contributed by atoms with E-state index in [-0.39, 0.29) is 18.4 Å². The molecule has 0 saturated carbocycles. The summed E-state index contributed by atoms with van der Waals surface area (Å²) in [6.45, 7) is 1.76. The fourth-order valence-electron chi connectivity index (χ4n) is 2.31. The van der Waals surface area contributed by atoms with Gasteiger partial charge in [0.25, 0.3) is 0 Å². The third kappa shape index (κ3) is 3.17. The first-order valence-corrected chi connectivity index (χ1v) is 6.50. The zero-order valence-corrected chi connectivity index (χ0v) is 12.4. The predicted octanol–water partition coefficient (Wildman–Crippen LogP) is 2.01. The molecule has 0 unspecified atom stereocenters. The maximum Gasteiger partial charge on any atom is 0.337 e. The number of nitrogens with one attached hydrogen (secondary N) is 3. The van der Waals surface area contributed by atoms with Crippen LogP contribution in [-0.4, -0.2) is 29.8 Å². The Labute approximate surface area is 128 Å². The minimum atomic E-state index is -0.348. The summed E-state index contributed by atoms with van der Waals surface area (Å²) in [5.74, 6) is 0.452. The second-order valence-electron chi connectivity index (χ2n) is 4.65. The number of carbonyl (C=O) groups excluding carboxylic acids is 1. The molecule has 0 amide bonds. The van der Waals surface area contributed by atoms with E-state index in [1.807, 2.05) is 12.1 Å². The summed E-state index contributed by atoms with van der Waals surface area (Å²) in [7, 11) is 1.37. The van der Waals surface area contributed by atoms with E-state index in [0.717, 1.165) is 42.3 Å². The average molecular weight is 309 g/mol. The summed E-state index contributed by atoms with van der Waals surface area (Å²) in [6, 6.07) is 7.18. The molecular formula is C14H17ClN4O2. The van der Waals surface area contributed by atoms with Crippen molar-refractivity contribution in [2.75, 3.05) is 19.0 Å². The van der Waals surface area contributed by atoms with Gasteiger partial charge in [0.05, 0.1) is 12.7 Å². The molecule has 0 radical (unpaired) electrons. The Kier molecular flexibility index (Phi) is 4.82.